The molecule has 0 aliphatic carbocycles. The molecular weight excluding hydrogens is 330 g/mol. The smallest absolute Gasteiger partial charge is 0.339 e. The first-order valence-electron chi connectivity index (χ1n) is 7.17. The van der Waals surface area contributed by atoms with Gasteiger partial charge in [-0.25, -0.2) is 9.78 Å². The van der Waals surface area contributed by atoms with Crippen LogP contribution in [0.3, 0.4) is 0 Å². The maximum Gasteiger partial charge on any atom is 0.339 e. The molecule has 0 aliphatic heterocycles. The molecule has 3 heterocycles. The van der Waals surface area contributed by atoms with Gasteiger partial charge in [0.05, 0.1) is 36.8 Å². The number of aryl methyl sites for hydroxylation is 1. The first-order chi connectivity index (χ1) is 11.4. The monoisotopic (exact) mass is 345 g/mol. The van der Waals surface area contributed by atoms with Crippen molar-refractivity contribution in [3.05, 3.63) is 50.6 Å². The van der Waals surface area contributed by atoms with E-state index in [1.54, 1.807) is 25.3 Å². The molecule has 0 amide bonds. The van der Waals surface area contributed by atoms with Gasteiger partial charge in [0.25, 0.3) is 5.56 Å². The molecule has 0 unspecified atom stereocenters. The van der Waals surface area contributed by atoms with Crippen LogP contribution in [-0.2, 0) is 11.3 Å². The van der Waals surface area contributed by atoms with E-state index in [4.69, 9.17) is 4.74 Å². The Kier molecular flexibility index (Phi) is 4.06. The van der Waals surface area contributed by atoms with Gasteiger partial charge in [0, 0.05) is 5.69 Å². The molecule has 3 rings (SSSR count). The lowest BCUT2D eigenvalue weighted by Crippen LogP contribution is -2.24. The van der Waals surface area contributed by atoms with Crippen LogP contribution in [0.5, 0.6) is 0 Å². The molecule has 124 valence electrons. The van der Waals surface area contributed by atoms with E-state index in [9.17, 15) is 14.4 Å². The first-order valence-corrected chi connectivity index (χ1v) is 8.05. The van der Waals surface area contributed by atoms with Crippen LogP contribution in [0.1, 0.15) is 32.1 Å². The van der Waals surface area contributed by atoms with E-state index in [0.717, 1.165) is 0 Å². The van der Waals surface area contributed by atoms with Crippen molar-refractivity contribution >= 4 is 33.3 Å². The minimum atomic E-state index is -0.501. The van der Waals surface area contributed by atoms with E-state index >= 15 is 0 Å². The van der Waals surface area contributed by atoms with Crippen LogP contribution in [0.2, 0.25) is 0 Å². The van der Waals surface area contributed by atoms with Crippen molar-refractivity contribution in [2.24, 2.45) is 0 Å². The molecular formula is C16H15N3O4S. The van der Waals surface area contributed by atoms with E-state index in [-0.39, 0.29) is 17.9 Å². The Morgan fingerprint density at radius 1 is 1.38 bits per heavy atom. The highest BCUT2D eigenvalue weighted by Crippen LogP contribution is 2.20. The molecule has 0 aliphatic rings. The summed E-state index contributed by atoms with van der Waals surface area (Å²) < 4.78 is 6.52. The number of carbonyl (C=O) groups is 2. The van der Waals surface area contributed by atoms with Gasteiger partial charge in [0.2, 0.25) is 0 Å². The second kappa shape index (κ2) is 6.04. The highest BCUT2D eigenvalue weighted by molar-refractivity contribution is 7.17. The Hall–Kier alpha value is -2.74. The van der Waals surface area contributed by atoms with Gasteiger partial charge < -0.3 is 9.72 Å². The molecule has 8 heteroatoms. The van der Waals surface area contributed by atoms with Gasteiger partial charge in [0.1, 0.15) is 4.70 Å². The number of thiophene rings is 1. The van der Waals surface area contributed by atoms with Crippen LogP contribution < -0.4 is 5.56 Å². The molecule has 0 aromatic carbocycles. The number of H-pyrrole nitrogens is 1. The number of rotatable bonds is 4. The molecule has 0 spiro atoms. The fraction of sp³-hybridized carbons (Fsp3) is 0.250. The number of esters is 1. The number of fused-ring (bicyclic) bond motifs is 1. The number of aromatic amines is 1. The van der Waals surface area contributed by atoms with Gasteiger partial charge in [-0.3, -0.25) is 14.2 Å². The summed E-state index contributed by atoms with van der Waals surface area (Å²) in [7, 11) is 1.29. The third-order valence-corrected chi connectivity index (χ3v) is 4.75. The standard InChI is InChI=1S/C16H15N3O4S/c1-8-12(16(22)23-3)9(2)18-13(8)11(20)6-19-7-17-10-4-5-24-14(10)15(19)21/h4-5,7,18H,6H2,1-3H3. The van der Waals surface area contributed by atoms with E-state index in [2.05, 4.69) is 9.97 Å². The zero-order valence-electron chi connectivity index (χ0n) is 13.4. The molecule has 1 N–H and O–H groups in total. The highest BCUT2D eigenvalue weighted by atomic mass is 32.1. The number of Topliss-reactive ketones (excluding diaryl/α,β-unsaturated/α-hetero) is 1. The van der Waals surface area contributed by atoms with E-state index < -0.39 is 5.97 Å². The molecule has 0 saturated carbocycles. The summed E-state index contributed by atoms with van der Waals surface area (Å²) in [4.78, 5) is 43.8. The molecule has 3 aromatic rings. The third-order valence-electron chi connectivity index (χ3n) is 3.86. The number of ketones is 1. The predicted molar refractivity (Wildman–Crippen MR) is 89.8 cm³/mol. The Morgan fingerprint density at radius 2 is 2.12 bits per heavy atom. The second-order valence-corrected chi connectivity index (χ2v) is 6.27. The zero-order valence-corrected chi connectivity index (χ0v) is 14.2. The van der Waals surface area contributed by atoms with Crippen LogP contribution in [0.4, 0.5) is 0 Å². The molecule has 0 fully saturated rings. The van der Waals surface area contributed by atoms with Gasteiger partial charge in [-0.05, 0) is 30.9 Å². The number of methoxy groups -OCH3 is 1. The van der Waals surface area contributed by atoms with Crippen LogP contribution >= 0.6 is 11.3 Å². The van der Waals surface area contributed by atoms with Gasteiger partial charge in [0.15, 0.2) is 5.78 Å². The quantitative estimate of drug-likeness (QED) is 0.577. The number of hydrogen-bond donors (Lipinski definition) is 1. The number of hydrogen-bond acceptors (Lipinski definition) is 6. The fourth-order valence-corrected chi connectivity index (χ4v) is 3.46. The van der Waals surface area contributed by atoms with E-state index in [1.165, 1.54) is 29.3 Å². The van der Waals surface area contributed by atoms with Crippen LogP contribution in [0.25, 0.3) is 10.2 Å². The fourth-order valence-electron chi connectivity index (χ4n) is 2.66. The summed E-state index contributed by atoms with van der Waals surface area (Å²) >= 11 is 1.29. The van der Waals surface area contributed by atoms with Crippen molar-refractivity contribution in [2.75, 3.05) is 7.11 Å². The van der Waals surface area contributed by atoms with Gasteiger partial charge in [-0.15, -0.1) is 11.3 Å². The maximum absolute atomic E-state index is 12.6. The Balaban J connectivity index is 1.96. The van der Waals surface area contributed by atoms with Crippen LogP contribution in [0, 0.1) is 13.8 Å². The van der Waals surface area contributed by atoms with Crippen molar-refractivity contribution in [3.8, 4) is 0 Å². The number of nitrogens with zero attached hydrogens (tertiary/aromatic N) is 2. The number of aromatic nitrogens is 3. The summed E-state index contributed by atoms with van der Waals surface area (Å²) in [5.41, 5.74) is 2.08. The highest BCUT2D eigenvalue weighted by Gasteiger charge is 2.23. The lowest BCUT2D eigenvalue weighted by Gasteiger charge is -2.04. The van der Waals surface area contributed by atoms with Crippen molar-refractivity contribution in [1.29, 1.82) is 0 Å². The molecule has 24 heavy (non-hydrogen) atoms. The van der Waals surface area contributed by atoms with Gasteiger partial charge in [-0.1, -0.05) is 0 Å². The predicted octanol–water partition coefficient (Wildman–Crippen LogP) is 2.07. The van der Waals surface area contributed by atoms with Crippen molar-refractivity contribution in [3.63, 3.8) is 0 Å². The summed E-state index contributed by atoms with van der Waals surface area (Å²) in [6.45, 7) is 3.22. The van der Waals surface area contributed by atoms with Gasteiger partial charge in [-0.2, -0.15) is 0 Å². The minimum Gasteiger partial charge on any atom is -0.465 e. The molecule has 0 bridgehead atoms. The van der Waals surface area contributed by atoms with E-state index in [0.29, 0.717) is 32.7 Å². The lowest BCUT2D eigenvalue weighted by atomic mass is 10.1. The summed E-state index contributed by atoms with van der Waals surface area (Å²) in [6.07, 6.45) is 1.36. The number of carbonyl (C=O) groups excluding carboxylic acids is 2. The number of ether oxygens (including phenoxy) is 1. The van der Waals surface area contributed by atoms with Crippen molar-refractivity contribution in [2.45, 2.75) is 20.4 Å². The normalized spacial score (nSPS) is 11.0. The Labute approximate surface area is 140 Å². The minimum absolute atomic E-state index is 0.152. The number of nitrogens with one attached hydrogen (secondary N) is 1. The summed E-state index contributed by atoms with van der Waals surface area (Å²) in [5, 5.41) is 1.78. The van der Waals surface area contributed by atoms with E-state index in [1.807, 2.05) is 0 Å². The molecule has 0 saturated heterocycles. The van der Waals surface area contributed by atoms with Crippen LogP contribution in [0.15, 0.2) is 22.6 Å². The van der Waals surface area contributed by atoms with Gasteiger partial charge >= 0.3 is 5.97 Å². The molecule has 7 nitrogen and oxygen atoms in total. The lowest BCUT2D eigenvalue weighted by molar-refractivity contribution is 0.0599. The maximum atomic E-state index is 12.6. The first kappa shape index (κ1) is 16.1. The summed E-state index contributed by atoms with van der Waals surface area (Å²) in [6, 6.07) is 1.76. The van der Waals surface area contributed by atoms with Crippen molar-refractivity contribution < 1.29 is 14.3 Å². The third kappa shape index (κ3) is 2.54. The Bertz CT molecular complexity index is 1010. The summed E-state index contributed by atoms with van der Waals surface area (Å²) in [5.74, 6) is -0.801. The Morgan fingerprint density at radius 3 is 2.83 bits per heavy atom. The topological polar surface area (TPSA) is 94.1 Å². The van der Waals surface area contributed by atoms with Crippen molar-refractivity contribution in [1.82, 2.24) is 14.5 Å². The molecule has 0 radical (unpaired) electrons. The second-order valence-electron chi connectivity index (χ2n) is 5.35. The largest absolute Gasteiger partial charge is 0.465 e. The molecule has 0 atom stereocenters. The zero-order chi connectivity index (χ0) is 17.4. The average Bonchev–Trinajstić information content (AvgIpc) is 3.14. The molecule has 3 aromatic heterocycles. The SMILES string of the molecule is COC(=O)c1c(C)[nH]c(C(=O)Cn2cnc3ccsc3c2=O)c1C. The average molecular weight is 345 g/mol. The van der Waals surface area contributed by atoms with Crippen LogP contribution in [-0.4, -0.2) is 33.4 Å².